The zero-order chi connectivity index (χ0) is 17.9. The van der Waals surface area contributed by atoms with Crippen LogP contribution in [0.25, 0.3) is 0 Å². The summed E-state index contributed by atoms with van der Waals surface area (Å²) in [6.07, 6.45) is 3.28. The largest absolute Gasteiger partial charge is 0.357 e. The van der Waals surface area contributed by atoms with Crippen LogP contribution in [0.4, 0.5) is 5.82 Å². The Morgan fingerprint density at radius 3 is 2.64 bits per heavy atom. The third-order valence-electron chi connectivity index (χ3n) is 5.05. The monoisotopic (exact) mass is 341 g/mol. The van der Waals surface area contributed by atoms with Gasteiger partial charge in [0.25, 0.3) is 0 Å². The maximum absolute atomic E-state index is 12.6. The predicted octanol–water partition coefficient (Wildman–Crippen LogP) is 1.92. The molecule has 2 aromatic rings. The number of amides is 1. The van der Waals surface area contributed by atoms with Gasteiger partial charge in [-0.05, 0) is 25.3 Å². The van der Waals surface area contributed by atoms with Crippen molar-refractivity contribution in [3.63, 3.8) is 0 Å². The van der Waals surface area contributed by atoms with Crippen LogP contribution in [0.1, 0.15) is 24.0 Å². The van der Waals surface area contributed by atoms with E-state index in [0.717, 1.165) is 38.3 Å². The number of hydrogen-bond acceptors (Lipinski definition) is 4. The summed E-state index contributed by atoms with van der Waals surface area (Å²) in [4.78, 5) is 15.0. The van der Waals surface area contributed by atoms with E-state index in [1.54, 1.807) is 17.9 Å². The van der Waals surface area contributed by atoms with Gasteiger partial charge in [0.05, 0.1) is 6.20 Å². The lowest BCUT2D eigenvalue weighted by Crippen LogP contribution is -2.57. The van der Waals surface area contributed by atoms with Crippen LogP contribution in [0.3, 0.4) is 0 Å². The Morgan fingerprint density at radius 1 is 1.28 bits per heavy atom. The van der Waals surface area contributed by atoms with Crippen molar-refractivity contribution in [2.75, 3.05) is 25.5 Å². The van der Waals surface area contributed by atoms with Gasteiger partial charge in [-0.25, -0.2) is 0 Å². The molecule has 0 aliphatic carbocycles. The van der Waals surface area contributed by atoms with Crippen LogP contribution >= 0.6 is 0 Å². The number of aryl methyl sites for hydroxylation is 2. The van der Waals surface area contributed by atoms with Crippen LogP contribution in [0.2, 0.25) is 0 Å². The topological polar surface area (TPSA) is 62.2 Å². The van der Waals surface area contributed by atoms with Gasteiger partial charge in [-0.2, -0.15) is 5.10 Å². The highest BCUT2D eigenvalue weighted by molar-refractivity contribution is 5.89. The number of rotatable bonds is 5. The highest BCUT2D eigenvalue weighted by Crippen LogP contribution is 2.28. The first-order chi connectivity index (χ1) is 12.0. The molecule has 134 valence electrons. The molecular weight excluding hydrogens is 314 g/mol. The molecule has 1 aliphatic heterocycles. The zero-order valence-electron chi connectivity index (χ0n) is 15.2. The smallest absolute Gasteiger partial charge is 0.245 e. The lowest BCUT2D eigenvalue weighted by molar-refractivity contribution is -0.126. The van der Waals surface area contributed by atoms with E-state index in [9.17, 15) is 4.79 Å². The number of likely N-dealkylation sites (tertiary alicyclic amines) is 1. The molecule has 0 atom stereocenters. The third kappa shape index (κ3) is 3.85. The van der Waals surface area contributed by atoms with E-state index in [2.05, 4.69) is 51.8 Å². The van der Waals surface area contributed by atoms with Crippen molar-refractivity contribution in [1.82, 2.24) is 20.0 Å². The first-order valence-corrected chi connectivity index (χ1v) is 8.79. The van der Waals surface area contributed by atoms with Gasteiger partial charge >= 0.3 is 0 Å². The molecule has 0 radical (unpaired) electrons. The predicted molar refractivity (Wildman–Crippen MR) is 99.3 cm³/mol. The van der Waals surface area contributed by atoms with Gasteiger partial charge in [-0.3, -0.25) is 14.4 Å². The highest BCUT2D eigenvalue weighted by Gasteiger charge is 2.41. The number of aromatic nitrogens is 2. The minimum Gasteiger partial charge on any atom is -0.357 e. The van der Waals surface area contributed by atoms with Gasteiger partial charge in [-0.15, -0.1) is 0 Å². The van der Waals surface area contributed by atoms with Crippen LogP contribution < -0.4 is 10.6 Å². The third-order valence-corrected chi connectivity index (χ3v) is 5.05. The Labute approximate surface area is 149 Å². The number of anilines is 1. The van der Waals surface area contributed by atoms with E-state index in [1.807, 2.05) is 13.1 Å². The van der Waals surface area contributed by atoms with Crippen LogP contribution in [0, 0.1) is 6.92 Å². The molecule has 0 unspecified atom stereocenters. The zero-order valence-corrected chi connectivity index (χ0v) is 15.2. The summed E-state index contributed by atoms with van der Waals surface area (Å²) in [5.74, 6) is 0.916. The Balaban J connectivity index is 1.69. The summed E-state index contributed by atoms with van der Waals surface area (Å²) >= 11 is 0. The minimum absolute atomic E-state index is 0.0453. The standard InChI is InChI=1S/C19H27N5O/c1-15-5-4-6-16(13-15)14-24-11-8-19(9-12-24,18(25)20-2)22-17-7-10-21-23(17)3/h4-7,10,13,22H,8-9,11-12,14H2,1-3H3,(H,20,25). The SMILES string of the molecule is CNC(=O)C1(Nc2ccnn2C)CCN(Cc2cccc(C)c2)CC1. The molecule has 25 heavy (non-hydrogen) atoms. The molecule has 1 fully saturated rings. The number of carbonyl (C=O) groups excluding carboxylic acids is 1. The van der Waals surface area contributed by atoms with E-state index >= 15 is 0 Å². The molecule has 0 spiro atoms. The molecule has 1 saturated heterocycles. The quantitative estimate of drug-likeness (QED) is 0.872. The van der Waals surface area contributed by atoms with E-state index in [0.29, 0.717) is 0 Å². The number of nitrogens with zero attached hydrogens (tertiary/aromatic N) is 3. The van der Waals surface area contributed by atoms with E-state index in [1.165, 1.54) is 11.1 Å². The maximum atomic E-state index is 12.6. The normalized spacial score (nSPS) is 17.2. The number of hydrogen-bond donors (Lipinski definition) is 2. The number of piperidine rings is 1. The molecule has 1 aromatic heterocycles. The number of likely N-dealkylation sites (N-methyl/N-ethyl adjacent to an activating group) is 1. The molecule has 6 heteroatoms. The molecule has 1 aromatic carbocycles. The van der Waals surface area contributed by atoms with Crippen LogP contribution in [0.15, 0.2) is 36.5 Å². The summed E-state index contributed by atoms with van der Waals surface area (Å²) < 4.78 is 1.77. The molecule has 3 rings (SSSR count). The highest BCUT2D eigenvalue weighted by atomic mass is 16.2. The maximum Gasteiger partial charge on any atom is 0.245 e. The second-order valence-corrected chi connectivity index (χ2v) is 6.89. The van der Waals surface area contributed by atoms with Gasteiger partial charge < -0.3 is 10.6 Å². The van der Waals surface area contributed by atoms with Gasteiger partial charge in [0, 0.05) is 39.8 Å². The molecule has 1 aliphatic rings. The van der Waals surface area contributed by atoms with Crippen molar-refractivity contribution < 1.29 is 4.79 Å². The van der Waals surface area contributed by atoms with E-state index in [-0.39, 0.29) is 5.91 Å². The van der Waals surface area contributed by atoms with Gasteiger partial charge in [0.1, 0.15) is 11.4 Å². The summed E-state index contributed by atoms with van der Waals surface area (Å²) in [5, 5.41) is 10.5. The Hall–Kier alpha value is -2.34. The average Bonchev–Trinajstić information content (AvgIpc) is 3.01. The number of benzene rings is 1. The van der Waals surface area contributed by atoms with Crippen molar-refractivity contribution in [1.29, 1.82) is 0 Å². The molecular formula is C19H27N5O. The first-order valence-electron chi connectivity index (χ1n) is 8.79. The minimum atomic E-state index is -0.578. The Kier molecular flexibility index (Phi) is 5.08. The summed E-state index contributed by atoms with van der Waals surface area (Å²) in [5.41, 5.74) is 2.03. The summed E-state index contributed by atoms with van der Waals surface area (Å²) in [6, 6.07) is 10.5. The van der Waals surface area contributed by atoms with Crippen molar-refractivity contribution >= 4 is 11.7 Å². The van der Waals surface area contributed by atoms with Crippen molar-refractivity contribution in [3.8, 4) is 0 Å². The fourth-order valence-corrected chi connectivity index (χ4v) is 3.55. The molecule has 2 heterocycles. The second-order valence-electron chi connectivity index (χ2n) is 6.89. The van der Waals surface area contributed by atoms with Gasteiger partial charge in [-0.1, -0.05) is 29.8 Å². The molecule has 0 bridgehead atoms. The molecule has 2 N–H and O–H groups in total. The lowest BCUT2D eigenvalue weighted by Gasteiger charge is -2.41. The van der Waals surface area contributed by atoms with E-state index in [4.69, 9.17) is 0 Å². The van der Waals surface area contributed by atoms with Crippen molar-refractivity contribution in [2.24, 2.45) is 7.05 Å². The summed E-state index contributed by atoms with van der Waals surface area (Å²) in [7, 11) is 3.58. The van der Waals surface area contributed by atoms with Gasteiger partial charge in [0.2, 0.25) is 5.91 Å². The molecule has 1 amide bonds. The summed E-state index contributed by atoms with van der Waals surface area (Å²) in [6.45, 7) is 4.81. The van der Waals surface area contributed by atoms with Crippen molar-refractivity contribution in [3.05, 3.63) is 47.7 Å². The van der Waals surface area contributed by atoms with Crippen LogP contribution in [-0.2, 0) is 18.4 Å². The Morgan fingerprint density at radius 2 is 2.04 bits per heavy atom. The molecule has 0 saturated carbocycles. The number of nitrogens with one attached hydrogen (secondary N) is 2. The fraction of sp³-hybridized carbons (Fsp3) is 0.474. The lowest BCUT2D eigenvalue weighted by atomic mass is 9.86. The average molecular weight is 341 g/mol. The number of carbonyl (C=O) groups is 1. The van der Waals surface area contributed by atoms with Crippen LogP contribution in [0.5, 0.6) is 0 Å². The van der Waals surface area contributed by atoms with Crippen LogP contribution in [-0.4, -0.2) is 46.3 Å². The second kappa shape index (κ2) is 7.27. The van der Waals surface area contributed by atoms with E-state index < -0.39 is 5.54 Å². The fourth-order valence-electron chi connectivity index (χ4n) is 3.55. The molecule has 6 nitrogen and oxygen atoms in total. The first kappa shape index (κ1) is 17.5. The van der Waals surface area contributed by atoms with Gasteiger partial charge in [0.15, 0.2) is 0 Å². The van der Waals surface area contributed by atoms with Crippen molar-refractivity contribution in [2.45, 2.75) is 31.8 Å². The Bertz CT molecular complexity index is 731.